The Morgan fingerprint density at radius 2 is 1.88 bits per heavy atom. The molecule has 0 atom stereocenters. The summed E-state index contributed by atoms with van der Waals surface area (Å²) in [5.41, 5.74) is 0.771. The molecule has 2 N–H and O–H groups in total. The lowest BCUT2D eigenvalue weighted by Crippen LogP contribution is -2.23. The normalized spacial score (nSPS) is 11.0. The van der Waals surface area contributed by atoms with Gasteiger partial charge in [-0.15, -0.1) is 0 Å². The molecule has 0 aliphatic carbocycles. The van der Waals surface area contributed by atoms with E-state index in [1.165, 1.54) is 0 Å². The van der Waals surface area contributed by atoms with E-state index in [-0.39, 0.29) is 12.7 Å². The molecule has 0 aliphatic heterocycles. The number of nitrogens with one attached hydrogen (secondary N) is 1. The molecule has 0 amide bonds. The molecule has 1 rings (SSSR count). The third-order valence-electron chi connectivity index (χ3n) is 1.80. The predicted octanol–water partition coefficient (Wildman–Crippen LogP) is 2.00. The largest absolute Gasteiger partial charge is 0.456 e. The van der Waals surface area contributed by atoms with Gasteiger partial charge in [0.25, 0.3) is 0 Å². The van der Waals surface area contributed by atoms with Crippen molar-refractivity contribution >= 4 is 11.7 Å². The summed E-state index contributed by atoms with van der Waals surface area (Å²) < 4.78 is 5.21. The zero-order valence-electron chi connectivity index (χ0n) is 9.78. The van der Waals surface area contributed by atoms with Gasteiger partial charge in [0.2, 0.25) is 0 Å². The van der Waals surface area contributed by atoms with Gasteiger partial charge in [0.05, 0.1) is 5.56 Å². The van der Waals surface area contributed by atoms with Gasteiger partial charge in [0.15, 0.2) is 0 Å². The molecule has 0 unspecified atom stereocenters. The first-order valence-electron chi connectivity index (χ1n) is 5.10. The number of hydrogen-bond donors (Lipinski definition) is 2. The smallest absolute Gasteiger partial charge is 0.338 e. The SMILES string of the molecule is CC(C)(C)OC(=O)c1ccc(NCO)cc1. The Kier molecular flexibility index (Phi) is 3.90. The van der Waals surface area contributed by atoms with Crippen LogP contribution >= 0.6 is 0 Å². The van der Waals surface area contributed by atoms with Gasteiger partial charge in [-0.25, -0.2) is 4.79 Å². The molecule has 0 fully saturated rings. The van der Waals surface area contributed by atoms with E-state index in [9.17, 15) is 4.79 Å². The molecular formula is C12H17NO3. The summed E-state index contributed by atoms with van der Waals surface area (Å²) in [4.78, 5) is 11.6. The van der Waals surface area contributed by atoms with E-state index in [4.69, 9.17) is 9.84 Å². The van der Waals surface area contributed by atoms with Crippen LogP contribution in [0.3, 0.4) is 0 Å². The van der Waals surface area contributed by atoms with Crippen LogP contribution in [0.25, 0.3) is 0 Å². The molecule has 4 nitrogen and oxygen atoms in total. The highest BCUT2D eigenvalue weighted by atomic mass is 16.6. The van der Waals surface area contributed by atoms with E-state index >= 15 is 0 Å². The van der Waals surface area contributed by atoms with E-state index in [1.807, 2.05) is 20.8 Å². The molecular weight excluding hydrogens is 206 g/mol. The van der Waals surface area contributed by atoms with E-state index < -0.39 is 5.60 Å². The van der Waals surface area contributed by atoms with Crippen molar-refractivity contribution in [2.45, 2.75) is 26.4 Å². The van der Waals surface area contributed by atoms with Crippen molar-refractivity contribution in [3.05, 3.63) is 29.8 Å². The first-order valence-corrected chi connectivity index (χ1v) is 5.10. The Balaban J connectivity index is 2.70. The maximum absolute atomic E-state index is 11.6. The lowest BCUT2D eigenvalue weighted by molar-refractivity contribution is 0.00696. The van der Waals surface area contributed by atoms with Gasteiger partial charge in [0, 0.05) is 5.69 Å². The highest BCUT2D eigenvalue weighted by molar-refractivity contribution is 5.90. The Bertz CT molecular complexity index is 352. The van der Waals surface area contributed by atoms with E-state index in [1.54, 1.807) is 24.3 Å². The summed E-state index contributed by atoms with van der Waals surface area (Å²) in [7, 11) is 0. The Morgan fingerprint density at radius 1 is 1.31 bits per heavy atom. The minimum Gasteiger partial charge on any atom is -0.456 e. The van der Waals surface area contributed by atoms with Crippen molar-refractivity contribution in [3.63, 3.8) is 0 Å². The lowest BCUT2D eigenvalue weighted by atomic mass is 10.1. The van der Waals surface area contributed by atoms with Gasteiger partial charge in [-0.2, -0.15) is 0 Å². The molecule has 0 saturated carbocycles. The minimum atomic E-state index is -0.487. The molecule has 0 aliphatic rings. The number of carbonyl (C=O) groups is 1. The van der Waals surface area contributed by atoms with E-state index in [0.29, 0.717) is 5.56 Å². The molecule has 16 heavy (non-hydrogen) atoms. The predicted molar refractivity (Wildman–Crippen MR) is 62.3 cm³/mol. The Hall–Kier alpha value is -1.55. The number of ether oxygens (including phenoxy) is 1. The fourth-order valence-corrected chi connectivity index (χ4v) is 1.15. The fraction of sp³-hybridized carbons (Fsp3) is 0.417. The second-order valence-electron chi connectivity index (χ2n) is 4.41. The summed E-state index contributed by atoms with van der Waals surface area (Å²) in [5, 5.41) is 11.4. The average molecular weight is 223 g/mol. The molecule has 0 aromatic heterocycles. The number of rotatable bonds is 3. The second-order valence-corrected chi connectivity index (χ2v) is 4.41. The number of benzene rings is 1. The highest BCUT2D eigenvalue weighted by Gasteiger charge is 2.17. The van der Waals surface area contributed by atoms with Crippen LogP contribution in [0.15, 0.2) is 24.3 Å². The molecule has 0 bridgehead atoms. The average Bonchev–Trinajstić information content (AvgIpc) is 2.16. The fourth-order valence-electron chi connectivity index (χ4n) is 1.15. The van der Waals surface area contributed by atoms with Gasteiger partial charge in [-0.05, 0) is 45.0 Å². The number of aliphatic hydroxyl groups excluding tert-OH is 1. The standard InChI is InChI=1S/C12H17NO3/c1-12(2,3)16-11(15)9-4-6-10(7-5-9)13-8-14/h4-7,13-14H,8H2,1-3H3. The first-order chi connectivity index (χ1) is 7.42. The zero-order valence-corrected chi connectivity index (χ0v) is 9.78. The van der Waals surface area contributed by atoms with Crippen LogP contribution in [-0.4, -0.2) is 23.4 Å². The minimum absolute atomic E-state index is 0.133. The maximum Gasteiger partial charge on any atom is 0.338 e. The first kappa shape index (κ1) is 12.5. The molecule has 0 radical (unpaired) electrons. The number of hydrogen-bond acceptors (Lipinski definition) is 4. The highest BCUT2D eigenvalue weighted by Crippen LogP contribution is 2.14. The van der Waals surface area contributed by atoms with Gasteiger partial charge >= 0.3 is 5.97 Å². The van der Waals surface area contributed by atoms with Crippen LogP contribution in [0, 0.1) is 0 Å². The number of esters is 1. The monoisotopic (exact) mass is 223 g/mol. The number of carbonyl (C=O) groups excluding carboxylic acids is 1. The molecule has 1 aromatic rings. The van der Waals surface area contributed by atoms with Crippen molar-refractivity contribution in [1.82, 2.24) is 0 Å². The van der Waals surface area contributed by atoms with Crippen LogP contribution in [0.4, 0.5) is 5.69 Å². The molecule has 4 heteroatoms. The van der Waals surface area contributed by atoms with Crippen molar-refractivity contribution in [2.24, 2.45) is 0 Å². The molecule has 0 heterocycles. The van der Waals surface area contributed by atoms with Gasteiger partial charge in [0.1, 0.15) is 12.3 Å². The third-order valence-corrected chi connectivity index (χ3v) is 1.80. The summed E-state index contributed by atoms with van der Waals surface area (Å²) in [5.74, 6) is -0.344. The van der Waals surface area contributed by atoms with Crippen molar-refractivity contribution in [2.75, 3.05) is 12.0 Å². The molecule has 0 saturated heterocycles. The van der Waals surface area contributed by atoms with Crippen molar-refractivity contribution in [3.8, 4) is 0 Å². The molecule has 88 valence electrons. The topological polar surface area (TPSA) is 58.6 Å². The van der Waals surface area contributed by atoms with Crippen LogP contribution in [0.1, 0.15) is 31.1 Å². The second kappa shape index (κ2) is 4.99. The van der Waals surface area contributed by atoms with Crippen LogP contribution in [0.5, 0.6) is 0 Å². The van der Waals surface area contributed by atoms with Crippen LogP contribution in [-0.2, 0) is 4.74 Å². The van der Waals surface area contributed by atoms with Crippen molar-refractivity contribution in [1.29, 1.82) is 0 Å². The quantitative estimate of drug-likeness (QED) is 0.608. The maximum atomic E-state index is 11.6. The van der Waals surface area contributed by atoms with Crippen molar-refractivity contribution < 1.29 is 14.6 Å². The molecule has 1 aromatic carbocycles. The van der Waals surface area contributed by atoms with E-state index in [2.05, 4.69) is 5.32 Å². The number of aliphatic hydroxyl groups is 1. The molecule has 0 spiro atoms. The van der Waals surface area contributed by atoms with Crippen LogP contribution < -0.4 is 5.32 Å². The zero-order chi connectivity index (χ0) is 12.2. The lowest BCUT2D eigenvalue weighted by Gasteiger charge is -2.19. The van der Waals surface area contributed by atoms with Gasteiger partial charge < -0.3 is 15.2 Å². The summed E-state index contributed by atoms with van der Waals surface area (Å²) in [6, 6.07) is 6.75. The number of anilines is 1. The Morgan fingerprint density at radius 3 is 2.31 bits per heavy atom. The van der Waals surface area contributed by atoms with Gasteiger partial charge in [-0.1, -0.05) is 0 Å². The van der Waals surface area contributed by atoms with Gasteiger partial charge in [-0.3, -0.25) is 0 Å². The third kappa shape index (κ3) is 3.90. The Labute approximate surface area is 95.2 Å². The van der Waals surface area contributed by atoms with Crippen LogP contribution in [0.2, 0.25) is 0 Å². The van der Waals surface area contributed by atoms with E-state index in [0.717, 1.165) is 5.69 Å². The summed E-state index contributed by atoms with van der Waals surface area (Å²) in [6.07, 6.45) is 0. The summed E-state index contributed by atoms with van der Waals surface area (Å²) >= 11 is 0. The summed E-state index contributed by atoms with van der Waals surface area (Å²) in [6.45, 7) is 5.34.